The molecular formula is C25H16ClF4IN2O3. The molecule has 0 unspecified atom stereocenters. The van der Waals surface area contributed by atoms with Gasteiger partial charge in [-0.25, -0.2) is 4.39 Å². The van der Waals surface area contributed by atoms with Crippen LogP contribution in [0.4, 0.5) is 23.2 Å². The van der Waals surface area contributed by atoms with Gasteiger partial charge in [0.2, 0.25) is 0 Å². The fraction of sp³-hybridized carbons (Fsp3) is 0.120. The zero-order valence-corrected chi connectivity index (χ0v) is 21.3. The number of carbonyl (C=O) groups excluding carboxylic acids is 1. The molecule has 0 saturated heterocycles. The van der Waals surface area contributed by atoms with Crippen LogP contribution < -0.4 is 14.8 Å². The van der Waals surface area contributed by atoms with Gasteiger partial charge in [0.05, 0.1) is 27.0 Å². The number of ether oxygens (including phenoxy) is 2. The van der Waals surface area contributed by atoms with Crippen molar-refractivity contribution >= 4 is 51.9 Å². The fourth-order valence-corrected chi connectivity index (χ4v) is 3.95. The lowest BCUT2D eigenvalue weighted by molar-refractivity contribution is -0.137. The highest BCUT2D eigenvalue weighted by Crippen LogP contribution is 2.36. The molecule has 3 aromatic carbocycles. The van der Waals surface area contributed by atoms with Crippen LogP contribution >= 0.6 is 34.2 Å². The van der Waals surface area contributed by atoms with Gasteiger partial charge in [-0.1, -0.05) is 23.7 Å². The highest BCUT2D eigenvalue weighted by Gasteiger charge is 2.31. The minimum Gasteiger partial charge on any atom is -0.493 e. The van der Waals surface area contributed by atoms with Crippen LogP contribution in [0.15, 0.2) is 60.2 Å². The summed E-state index contributed by atoms with van der Waals surface area (Å²) in [5, 5.41) is 11.6. The fourth-order valence-electron chi connectivity index (χ4n) is 3.00. The number of nitrogens with zero attached hydrogens (tertiary/aromatic N) is 1. The van der Waals surface area contributed by atoms with E-state index in [0.717, 1.165) is 17.7 Å². The van der Waals surface area contributed by atoms with Gasteiger partial charge in [-0.05, 0) is 82.3 Å². The first-order valence-corrected chi connectivity index (χ1v) is 11.5. The molecule has 0 fully saturated rings. The smallest absolute Gasteiger partial charge is 0.416 e. The Hall–Kier alpha value is -3.30. The number of halogens is 6. The number of hydrogen-bond donors (Lipinski definition) is 1. The van der Waals surface area contributed by atoms with Gasteiger partial charge in [0.25, 0.3) is 5.91 Å². The molecule has 11 heteroatoms. The van der Waals surface area contributed by atoms with Crippen molar-refractivity contribution in [1.29, 1.82) is 5.26 Å². The predicted molar refractivity (Wildman–Crippen MR) is 135 cm³/mol. The van der Waals surface area contributed by atoms with Crippen molar-refractivity contribution < 1.29 is 31.8 Å². The Bertz CT molecular complexity index is 1350. The van der Waals surface area contributed by atoms with Crippen molar-refractivity contribution in [3.8, 4) is 17.6 Å². The lowest BCUT2D eigenvalue weighted by Gasteiger charge is -2.14. The van der Waals surface area contributed by atoms with E-state index in [9.17, 15) is 27.6 Å². The Balaban J connectivity index is 1.84. The number of alkyl halides is 3. The predicted octanol–water partition coefficient (Wildman–Crippen LogP) is 7.24. The summed E-state index contributed by atoms with van der Waals surface area (Å²) < 4.78 is 63.9. The number of carbonyl (C=O) groups is 1. The Kier molecular flexibility index (Phi) is 8.81. The number of nitrogens with one attached hydrogen (secondary N) is 1. The highest BCUT2D eigenvalue weighted by atomic mass is 127. The summed E-state index contributed by atoms with van der Waals surface area (Å²) >= 11 is 7.91. The van der Waals surface area contributed by atoms with Gasteiger partial charge in [0.1, 0.15) is 24.1 Å². The number of anilines is 1. The number of methoxy groups -OCH3 is 1. The first-order valence-electron chi connectivity index (χ1n) is 10.1. The first kappa shape index (κ1) is 27.3. The van der Waals surface area contributed by atoms with Crippen molar-refractivity contribution in [1.82, 2.24) is 0 Å². The third-order valence-corrected chi connectivity index (χ3v) is 5.90. The van der Waals surface area contributed by atoms with Crippen LogP contribution in [0.3, 0.4) is 0 Å². The van der Waals surface area contributed by atoms with Crippen LogP contribution in [-0.4, -0.2) is 13.0 Å². The third kappa shape index (κ3) is 6.89. The Morgan fingerprint density at radius 1 is 1.17 bits per heavy atom. The van der Waals surface area contributed by atoms with Crippen molar-refractivity contribution in [3.63, 3.8) is 0 Å². The molecule has 5 nitrogen and oxygen atoms in total. The molecule has 0 saturated carbocycles. The maximum Gasteiger partial charge on any atom is 0.416 e. The van der Waals surface area contributed by atoms with E-state index in [0.29, 0.717) is 26.7 Å². The zero-order chi connectivity index (χ0) is 26.5. The lowest BCUT2D eigenvalue weighted by atomic mass is 10.1. The SMILES string of the molecule is COc1cc(/C=C(\C#N)C(=O)Nc2cc(C(F)(F)F)ccc2Cl)cc(I)c1OCc1ccc(F)cc1. The van der Waals surface area contributed by atoms with Crippen LogP contribution in [0.25, 0.3) is 6.08 Å². The standard InChI is InChI=1S/C25H16ClF4IN2O3/c1-35-22-10-15(9-20(31)23(22)36-13-14-2-5-18(27)6-3-14)8-16(12-32)24(34)33-21-11-17(25(28,29)30)4-7-19(21)26/h2-11H,13H2,1H3,(H,33,34)/b16-8+. The minimum absolute atomic E-state index is 0.118. The van der Waals surface area contributed by atoms with Gasteiger partial charge in [-0.3, -0.25) is 4.79 Å². The van der Waals surface area contributed by atoms with E-state index in [-0.39, 0.29) is 28.7 Å². The van der Waals surface area contributed by atoms with Crippen LogP contribution in [0.2, 0.25) is 5.02 Å². The molecule has 36 heavy (non-hydrogen) atoms. The van der Waals surface area contributed by atoms with Gasteiger partial charge < -0.3 is 14.8 Å². The van der Waals surface area contributed by atoms with Crippen LogP contribution in [-0.2, 0) is 17.6 Å². The highest BCUT2D eigenvalue weighted by molar-refractivity contribution is 14.1. The first-order chi connectivity index (χ1) is 17.0. The molecule has 0 atom stereocenters. The van der Waals surface area contributed by atoms with Crippen molar-refractivity contribution in [2.75, 3.05) is 12.4 Å². The summed E-state index contributed by atoms with van der Waals surface area (Å²) in [6.45, 7) is 0.144. The normalized spacial score (nSPS) is 11.6. The van der Waals surface area contributed by atoms with Gasteiger partial charge in [-0.2, -0.15) is 18.4 Å². The monoisotopic (exact) mass is 630 g/mol. The molecule has 0 bridgehead atoms. The molecule has 3 rings (SSSR count). The van der Waals surface area contributed by atoms with E-state index in [1.807, 2.05) is 22.6 Å². The Morgan fingerprint density at radius 2 is 1.86 bits per heavy atom. The molecule has 186 valence electrons. The molecule has 0 aliphatic rings. The van der Waals surface area contributed by atoms with E-state index >= 15 is 0 Å². The summed E-state index contributed by atoms with van der Waals surface area (Å²) in [4.78, 5) is 12.6. The number of hydrogen-bond acceptors (Lipinski definition) is 4. The molecule has 0 aromatic heterocycles. The van der Waals surface area contributed by atoms with E-state index in [1.165, 1.54) is 31.4 Å². The van der Waals surface area contributed by atoms with Crippen LogP contribution in [0, 0.1) is 20.7 Å². The topological polar surface area (TPSA) is 71.3 Å². The molecule has 0 spiro atoms. The number of rotatable bonds is 7. The van der Waals surface area contributed by atoms with Gasteiger partial charge in [0, 0.05) is 0 Å². The van der Waals surface area contributed by atoms with Gasteiger partial charge >= 0.3 is 6.18 Å². The second-order valence-electron chi connectivity index (χ2n) is 7.27. The molecule has 1 amide bonds. The Labute approximate surface area is 222 Å². The maximum absolute atomic E-state index is 13.1. The molecule has 1 N–H and O–H groups in total. The number of amides is 1. The maximum atomic E-state index is 13.1. The molecule has 0 radical (unpaired) electrons. The van der Waals surface area contributed by atoms with Crippen molar-refractivity contribution in [2.45, 2.75) is 12.8 Å². The number of benzene rings is 3. The van der Waals surface area contributed by atoms with E-state index in [1.54, 1.807) is 24.3 Å². The van der Waals surface area contributed by atoms with Crippen LogP contribution in [0.1, 0.15) is 16.7 Å². The zero-order valence-electron chi connectivity index (χ0n) is 18.4. The van der Waals surface area contributed by atoms with Gasteiger partial charge in [0.15, 0.2) is 11.5 Å². The Morgan fingerprint density at radius 3 is 2.47 bits per heavy atom. The van der Waals surface area contributed by atoms with Crippen molar-refractivity contribution in [2.24, 2.45) is 0 Å². The largest absolute Gasteiger partial charge is 0.493 e. The van der Waals surface area contributed by atoms with Gasteiger partial charge in [-0.15, -0.1) is 0 Å². The second kappa shape index (κ2) is 11.6. The summed E-state index contributed by atoms with van der Waals surface area (Å²) in [7, 11) is 1.41. The molecule has 3 aromatic rings. The average Bonchev–Trinajstić information content (AvgIpc) is 2.83. The molecule has 0 aliphatic carbocycles. The average molecular weight is 631 g/mol. The lowest BCUT2D eigenvalue weighted by Crippen LogP contribution is -2.15. The summed E-state index contributed by atoms with van der Waals surface area (Å²) in [5.41, 5.74) is -0.516. The summed E-state index contributed by atoms with van der Waals surface area (Å²) in [5.74, 6) is -0.591. The van der Waals surface area contributed by atoms with E-state index in [4.69, 9.17) is 21.1 Å². The van der Waals surface area contributed by atoms with Crippen molar-refractivity contribution in [3.05, 3.63) is 91.3 Å². The summed E-state index contributed by atoms with van der Waals surface area (Å²) in [6, 6.07) is 13.2. The molecule has 0 heterocycles. The number of nitriles is 1. The minimum atomic E-state index is -4.63. The summed E-state index contributed by atoms with van der Waals surface area (Å²) in [6.07, 6.45) is -3.38. The van der Waals surface area contributed by atoms with E-state index in [2.05, 4.69) is 5.32 Å². The third-order valence-electron chi connectivity index (χ3n) is 4.77. The molecular weight excluding hydrogens is 615 g/mol. The second-order valence-corrected chi connectivity index (χ2v) is 8.83. The van der Waals surface area contributed by atoms with E-state index < -0.39 is 17.6 Å². The molecule has 0 aliphatic heterocycles. The quantitative estimate of drug-likeness (QED) is 0.129. The van der Waals surface area contributed by atoms with Crippen LogP contribution in [0.5, 0.6) is 11.5 Å².